The molecule has 3 atom stereocenters. The molecule has 1 unspecified atom stereocenters. The number of aliphatic carboxylic acids is 1. The highest BCUT2D eigenvalue weighted by Gasteiger charge is 2.33. The lowest BCUT2D eigenvalue weighted by Crippen LogP contribution is -2.27. The second-order valence-electron chi connectivity index (χ2n) is 9.02. The maximum atomic E-state index is 12.3. The summed E-state index contributed by atoms with van der Waals surface area (Å²) in [6.45, 7) is 4.55. The summed E-state index contributed by atoms with van der Waals surface area (Å²) >= 11 is 0. The molecule has 180 valence electrons. The Morgan fingerprint density at radius 1 is 1.18 bits per heavy atom. The van der Waals surface area contributed by atoms with Crippen molar-refractivity contribution in [2.75, 3.05) is 20.2 Å². The number of rotatable bonds is 11. The summed E-state index contributed by atoms with van der Waals surface area (Å²) in [6, 6.07) is 16.4. The van der Waals surface area contributed by atoms with Gasteiger partial charge in [-0.1, -0.05) is 49.7 Å². The normalized spacial score (nSPS) is 17.4. The van der Waals surface area contributed by atoms with Crippen LogP contribution in [0.2, 0.25) is 0 Å². The van der Waals surface area contributed by atoms with Gasteiger partial charge < -0.3 is 15.2 Å². The maximum absolute atomic E-state index is 12.3. The molecular weight excluding hydrogens is 430 g/mol. The van der Waals surface area contributed by atoms with Gasteiger partial charge in [-0.2, -0.15) is 0 Å². The third kappa shape index (κ3) is 5.62. The Morgan fingerprint density at radius 3 is 2.53 bits per heavy atom. The molecule has 1 fully saturated rings. The predicted octanol–water partition coefficient (Wildman–Crippen LogP) is 3.63. The van der Waals surface area contributed by atoms with E-state index < -0.39 is 11.9 Å². The molecule has 2 N–H and O–H groups in total. The van der Waals surface area contributed by atoms with Crippen LogP contribution in [0.5, 0.6) is 5.75 Å². The van der Waals surface area contributed by atoms with Crippen molar-refractivity contribution in [2.24, 2.45) is 5.92 Å². The first-order chi connectivity index (χ1) is 16.6. The number of methoxy groups -OCH3 is 1. The Bertz CT molecular complexity index is 1060. The number of aromatic nitrogens is 4. The molecule has 0 radical (unpaired) electrons. The van der Waals surface area contributed by atoms with E-state index in [1.165, 1.54) is 5.56 Å². The van der Waals surface area contributed by atoms with E-state index in [4.69, 9.17) is 4.74 Å². The average molecular weight is 464 g/mol. The molecule has 3 aromatic rings. The van der Waals surface area contributed by atoms with E-state index in [1.807, 2.05) is 31.2 Å². The Hall–Kier alpha value is -3.26. The lowest BCUT2D eigenvalue weighted by atomic mass is 9.83. The molecule has 8 heteroatoms. The summed E-state index contributed by atoms with van der Waals surface area (Å²) in [5, 5.41) is 25.9. The summed E-state index contributed by atoms with van der Waals surface area (Å²) in [5.74, 6) is 0.243. The maximum Gasteiger partial charge on any atom is 0.307 e. The smallest absolute Gasteiger partial charge is 0.307 e. The molecule has 2 aromatic carbocycles. The van der Waals surface area contributed by atoms with Gasteiger partial charge in [0.15, 0.2) is 5.82 Å². The van der Waals surface area contributed by atoms with Gasteiger partial charge in [0, 0.05) is 12.5 Å². The minimum absolute atomic E-state index is 0.329. The van der Waals surface area contributed by atoms with E-state index in [-0.39, 0.29) is 5.92 Å². The molecule has 34 heavy (non-hydrogen) atoms. The highest BCUT2D eigenvalue weighted by Crippen LogP contribution is 2.32. The SMILES string of the molecule is CCC[C@H](C(=O)O)[C@H](Cc1ccc(C2CCNC2)cc1)c1nnnn1Cc1ccc(OC)cc1. The van der Waals surface area contributed by atoms with Crippen molar-refractivity contribution in [3.05, 3.63) is 71.0 Å². The number of hydrogen-bond acceptors (Lipinski definition) is 6. The first kappa shape index (κ1) is 23.9. The molecule has 0 saturated carbocycles. The zero-order valence-electron chi connectivity index (χ0n) is 19.9. The van der Waals surface area contributed by atoms with Gasteiger partial charge in [0.2, 0.25) is 0 Å². The number of carboxylic acids is 1. The zero-order valence-corrected chi connectivity index (χ0v) is 19.9. The van der Waals surface area contributed by atoms with Crippen LogP contribution < -0.4 is 10.1 Å². The second-order valence-corrected chi connectivity index (χ2v) is 9.02. The van der Waals surface area contributed by atoms with Crippen LogP contribution in [0.3, 0.4) is 0 Å². The third-order valence-corrected chi connectivity index (χ3v) is 6.75. The fraction of sp³-hybridized carbons (Fsp3) is 0.462. The number of carboxylic acid groups (broad SMARTS) is 1. The lowest BCUT2D eigenvalue weighted by Gasteiger charge is -2.23. The molecule has 8 nitrogen and oxygen atoms in total. The summed E-state index contributed by atoms with van der Waals surface area (Å²) in [5.41, 5.74) is 3.45. The summed E-state index contributed by atoms with van der Waals surface area (Å²) < 4.78 is 6.98. The van der Waals surface area contributed by atoms with Crippen LogP contribution in [-0.2, 0) is 17.8 Å². The number of nitrogens with zero attached hydrogens (tertiary/aromatic N) is 4. The van der Waals surface area contributed by atoms with Gasteiger partial charge >= 0.3 is 5.97 Å². The second kappa shape index (κ2) is 11.2. The molecule has 0 aliphatic carbocycles. The van der Waals surface area contributed by atoms with Gasteiger partial charge in [-0.05, 0) is 71.0 Å². The molecule has 1 saturated heterocycles. The fourth-order valence-electron chi connectivity index (χ4n) is 4.83. The highest BCUT2D eigenvalue weighted by molar-refractivity contribution is 5.71. The minimum atomic E-state index is -0.806. The van der Waals surface area contributed by atoms with Crippen molar-refractivity contribution < 1.29 is 14.6 Å². The highest BCUT2D eigenvalue weighted by atomic mass is 16.5. The van der Waals surface area contributed by atoms with Crippen LogP contribution in [0.1, 0.15) is 60.5 Å². The van der Waals surface area contributed by atoms with Crippen molar-refractivity contribution >= 4 is 5.97 Å². The standard InChI is InChI=1S/C26H33N5O3/c1-3-4-23(26(32)33)24(15-18-5-9-20(10-6-18)21-13-14-27-16-21)25-28-29-30-31(25)17-19-7-11-22(34-2)12-8-19/h5-12,21,23-24,27H,3-4,13-17H2,1-2H3,(H,32,33)/t21?,23-,24-/m0/s1. The number of ether oxygens (including phenoxy) is 1. The molecule has 0 spiro atoms. The number of nitrogens with one attached hydrogen (secondary N) is 1. The van der Waals surface area contributed by atoms with Crippen molar-refractivity contribution in [3.63, 3.8) is 0 Å². The third-order valence-electron chi connectivity index (χ3n) is 6.75. The van der Waals surface area contributed by atoms with E-state index in [1.54, 1.807) is 11.8 Å². The molecule has 1 aliphatic heterocycles. The fourth-order valence-corrected chi connectivity index (χ4v) is 4.83. The van der Waals surface area contributed by atoms with Gasteiger partial charge in [0.25, 0.3) is 0 Å². The molecule has 1 aliphatic rings. The van der Waals surface area contributed by atoms with E-state index in [9.17, 15) is 9.90 Å². The molecule has 0 amide bonds. The van der Waals surface area contributed by atoms with Crippen LogP contribution in [0.15, 0.2) is 48.5 Å². The quantitative estimate of drug-likeness (QED) is 0.448. The van der Waals surface area contributed by atoms with Gasteiger partial charge in [-0.25, -0.2) is 4.68 Å². The minimum Gasteiger partial charge on any atom is -0.497 e. The molecule has 1 aromatic heterocycles. The Kier molecular flexibility index (Phi) is 7.90. The van der Waals surface area contributed by atoms with Crippen LogP contribution in [-0.4, -0.2) is 51.5 Å². The molecule has 2 heterocycles. The van der Waals surface area contributed by atoms with Gasteiger partial charge in [-0.15, -0.1) is 5.10 Å². The van der Waals surface area contributed by atoms with Gasteiger partial charge in [0.1, 0.15) is 5.75 Å². The van der Waals surface area contributed by atoms with Crippen LogP contribution in [0, 0.1) is 5.92 Å². The predicted molar refractivity (Wildman–Crippen MR) is 129 cm³/mol. The van der Waals surface area contributed by atoms with E-state index >= 15 is 0 Å². The van der Waals surface area contributed by atoms with E-state index in [0.29, 0.717) is 31.1 Å². The van der Waals surface area contributed by atoms with E-state index in [2.05, 4.69) is 45.1 Å². The molecule has 0 bridgehead atoms. The van der Waals surface area contributed by atoms with Crippen molar-refractivity contribution in [3.8, 4) is 5.75 Å². The van der Waals surface area contributed by atoms with Gasteiger partial charge in [0.05, 0.1) is 19.6 Å². The van der Waals surface area contributed by atoms with Crippen LogP contribution >= 0.6 is 0 Å². The van der Waals surface area contributed by atoms with Gasteiger partial charge in [-0.3, -0.25) is 4.79 Å². The van der Waals surface area contributed by atoms with Crippen molar-refractivity contribution in [2.45, 2.75) is 51.0 Å². The zero-order chi connectivity index (χ0) is 23.9. The van der Waals surface area contributed by atoms with Crippen LogP contribution in [0.25, 0.3) is 0 Å². The topological polar surface area (TPSA) is 102 Å². The average Bonchev–Trinajstić information content (AvgIpc) is 3.55. The monoisotopic (exact) mass is 463 g/mol. The lowest BCUT2D eigenvalue weighted by molar-refractivity contribution is -0.143. The summed E-state index contributed by atoms with van der Waals surface area (Å²) in [6.07, 6.45) is 3.07. The Balaban J connectivity index is 1.60. The first-order valence-corrected chi connectivity index (χ1v) is 12.0. The largest absolute Gasteiger partial charge is 0.497 e. The number of benzene rings is 2. The molecular formula is C26H33N5O3. The van der Waals surface area contributed by atoms with Crippen molar-refractivity contribution in [1.82, 2.24) is 25.5 Å². The summed E-state index contributed by atoms with van der Waals surface area (Å²) in [7, 11) is 1.63. The Labute approximate surface area is 200 Å². The summed E-state index contributed by atoms with van der Waals surface area (Å²) in [4.78, 5) is 12.3. The first-order valence-electron chi connectivity index (χ1n) is 12.0. The molecule has 4 rings (SSSR count). The Morgan fingerprint density at radius 2 is 1.91 bits per heavy atom. The number of hydrogen-bond donors (Lipinski definition) is 2. The number of tetrazole rings is 1. The van der Waals surface area contributed by atoms with E-state index in [0.717, 1.165) is 42.8 Å². The van der Waals surface area contributed by atoms with Crippen LogP contribution in [0.4, 0.5) is 0 Å². The van der Waals surface area contributed by atoms with Crippen molar-refractivity contribution in [1.29, 1.82) is 0 Å². The number of carbonyl (C=O) groups is 1.